The van der Waals surface area contributed by atoms with Crippen molar-refractivity contribution in [2.45, 2.75) is 38.2 Å². The standard InChI is InChI=1S/C13H17Cl2N/c1-13(2)11(15)7-12(13)16-8-9-4-3-5-10(14)6-9/h3-6,11-12,16H,7-8H2,1-2H3. The molecule has 3 heteroatoms. The van der Waals surface area contributed by atoms with E-state index < -0.39 is 0 Å². The third-order valence-electron chi connectivity index (χ3n) is 3.59. The molecule has 1 aromatic carbocycles. The maximum absolute atomic E-state index is 6.18. The summed E-state index contributed by atoms with van der Waals surface area (Å²) in [5, 5.41) is 4.63. The fourth-order valence-electron chi connectivity index (χ4n) is 2.11. The molecule has 1 fully saturated rings. The highest BCUT2D eigenvalue weighted by Gasteiger charge is 2.46. The van der Waals surface area contributed by atoms with Crippen LogP contribution in [0.3, 0.4) is 0 Å². The fraction of sp³-hybridized carbons (Fsp3) is 0.538. The van der Waals surface area contributed by atoms with Gasteiger partial charge in [0, 0.05) is 23.0 Å². The number of nitrogens with one attached hydrogen (secondary N) is 1. The van der Waals surface area contributed by atoms with E-state index in [1.54, 1.807) is 0 Å². The Morgan fingerprint density at radius 3 is 2.75 bits per heavy atom. The summed E-state index contributed by atoms with van der Waals surface area (Å²) < 4.78 is 0. The third-order valence-corrected chi connectivity index (χ3v) is 4.57. The number of rotatable bonds is 3. The van der Waals surface area contributed by atoms with Crippen LogP contribution in [0.2, 0.25) is 5.02 Å². The Bertz CT molecular complexity index is 376. The van der Waals surface area contributed by atoms with E-state index in [1.807, 2.05) is 18.2 Å². The van der Waals surface area contributed by atoms with E-state index >= 15 is 0 Å². The molecule has 2 unspecified atom stereocenters. The number of hydrogen-bond donors (Lipinski definition) is 1. The summed E-state index contributed by atoms with van der Waals surface area (Å²) in [6.45, 7) is 5.28. The van der Waals surface area contributed by atoms with Crippen LogP contribution in [0.15, 0.2) is 24.3 Å². The highest BCUT2D eigenvalue weighted by Crippen LogP contribution is 2.44. The van der Waals surface area contributed by atoms with Crippen molar-refractivity contribution in [3.63, 3.8) is 0 Å². The van der Waals surface area contributed by atoms with Crippen LogP contribution >= 0.6 is 23.2 Å². The highest BCUT2D eigenvalue weighted by molar-refractivity contribution is 6.30. The Balaban J connectivity index is 1.89. The normalized spacial score (nSPS) is 27.5. The molecule has 0 bridgehead atoms. The molecule has 2 atom stereocenters. The molecule has 1 saturated carbocycles. The van der Waals surface area contributed by atoms with Crippen molar-refractivity contribution in [3.05, 3.63) is 34.9 Å². The molecule has 0 amide bonds. The monoisotopic (exact) mass is 257 g/mol. The Morgan fingerprint density at radius 1 is 1.44 bits per heavy atom. The van der Waals surface area contributed by atoms with Gasteiger partial charge in [0.1, 0.15) is 0 Å². The van der Waals surface area contributed by atoms with Crippen molar-refractivity contribution in [1.82, 2.24) is 5.32 Å². The van der Waals surface area contributed by atoms with Gasteiger partial charge in [-0.2, -0.15) is 0 Å². The van der Waals surface area contributed by atoms with Gasteiger partial charge in [0.25, 0.3) is 0 Å². The molecule has 1 nitrogen and oxygen atoms in total. The second kappa shape index (κ2) is 4.56. The fourth-order valence-corrected chi connectivity index (χ4v) is 2.65. The molecular weight excluding hydrogens is 241 g/mol. The van der Waals surface area contributed by atoms with Crippen LogP contribution in [0, 0.1) is 5.41 Å². The Morgan fingerprint density at radius 2 is 2.19 bits per heavy atom. The largest absolute Gasteiger partial charge is 0.309 e. The second-order valence-electron chi connectivity index (χ2n) is 5.09. The summed E-state index contributed by atoms with van der Waals surface area (Å²) in [4.78, 5) is 0. The summed E-state index contributed by atoms with van der Waals surface area (Å²) in [7, 11) is 0. The first-order valence-electron chi connectivity index (χ1n) is 5.62. The van der Waals surface area contributed by atoms with Crippen LogP contribution in [0.5, 0.6) is 0 Å². The number of hydrogen-bond acceptors (Lipinski definition) is 1. The first-order valence-corrected chi connectivity index (χ1v) is 6.43. The van der Waals surface area contributed by atoms with Crippen molar-refractivity contribution in [2.75, 3.05) is 0 Å². The molecule has 1 aromatic rings. The Kier molecular flexibility index (Phi) is 3.48. The Labute approximate surface area is 107 Å². The molecule has 0 saturated heterocycles. The first kappa shape index (κ1) is 12.2. The summed E-state index contributed by atoms with van der Waals surface area (Å²) in [5.41, 5.74) is 1.42. The molecule has 0 radical (unpaired) electrons. The van der Waals surface area contributed by atoms with Crippen molar-refractivity contribution in [2.24, 2.45) is 5.41 Å². The van der Waals surface area contributed by atoms with Crippen LogP contribution in [0.4, 0.5) is 0 Å². The summed E-state index contributed by atoms with van der Waals surface area (Å²) in [6.07, 6.45) is 1.05. The molecule has 1 N–H and O–H groups in total. The molecule has 2 rings (SSSR count). The molecule has 88 valence electrons. The minimum Gasteiger partial charge on any atom is -0.309 e. The average Bonchev–Trinajstić information content (AvgIpc) is 2.24. The maximum atomic E-state index is 6.18. The van der Waals surface area contributed by atoms with Crippen molar-refractivity contribution in [1.29, 1.82) is 0 Å². The molecule has 0 spiro atoms. The van der Waals surface area contributed by atoms with Crippen molar-refractivity contribution >= 4 is 23.2 Å². The summed E-state index contributed by atoms with van der Waals surface area (Å²) >= 11 is 12.1. The molecule has 0 aromatic heterocycles. The van der Waals surface area contributed by atoms with E-state index in [2.05, 4.69) is 25.2 Å². The van der Waals surface area contributed by atoms with E-state index in [0.717, 1.165) is 18.0 Å². The van der Waals surface area contributed by atoms with Gasteiger partial charge in [0.05, 0.1) is 0 Å². The molecule has 1 aliphatic rings. The van der Waals surface area contributed by atoms with Crippen LogP contribution in [-0.2, 0) is 6.54 Å². The van der Waals surface area contributed by atoms with Gasteiger partial charge in [-0.3, -0.25) is 0 Å². The van der Waals surface area contributed by atoms with Gasteiger partial charge in [-0.15, -0.1) is 11.6 Å². The maximum Gasteiger partial charge on any atom is 0.0416 e. The van der Waals surface area contributed by atoms with E-state index in [-0.39, 0.29) is 5.41 Å². The van der Waals surface area contributed by atoms with Gasteiger partial charge in [-0.05, 0) is 29.5 Å². The third kappa shape index (κ3) is 2.37. The zero-order valence-electron chi connectivity index (χ0n) is 9.63. The lowest BCUT2D eigenvalue weighted by molar-refractivity contribution is 0.115. The number of benzene rings is 1. The minimum atomic E-state index is 0.195. The molecule has 0 heterocycles. The van der Waals surface area contributed by atoms with Gasteiger partial charge in [0.2, 0.25) is 0 Å². The lowest BCUT2D eigenvalue weighted by Crippen LogP contribution is -2.57. The molecule has 0 aliphatic heterocycles. The zero-order valence-corrected chi connectivity index (χ0v) is 11.1. The predicted molar refractivity (Wildman–Crippen MR) is 70.1 cm³/mol. The quantitative estimate of drug-likeness (QED) is 0.812. The van der Waals surface area contributed by atoms with Gasteiger partial charge in [-0.25, -0.2) is 0 Å². The van der Waals surface area contributed by atoms with Crippen LogP contribution in [-0.4, -0.2) is 11.4 Å². The van der Waals surface area contributed by atoms with Gasteiger partial charge in [0.15, 0.2) is 0 Å². The zero-order chi connectivity index (χ0) is 11.8. The number of halogens is 2. The van der Waals surface area contributed by atoms with E-state index in [4.69, 9.17) is 23.2 Å². The lowest BCUT2D eigenvalue weighted by Gasteiger charge is -2.49. The minimum absolute atomic E-state index is 0.195. The molecule has 16 heavy (non-hydrogen) atoms. The topological polar surface area (TPSA) is 12.0 Å². The van der Waals surface area contributed by atoms with E-state index in [1.165, 1.54) is 5.56 Å². The summed E-state index contributed by atoms with van der Waals surface area (Å²) in [6, 6.07) is 8.47. The van der Waals surface area contributed by atoms with Gasteiger partial charge < -0.3 is 5.32 Å². The van der Waals surface area contributed by atoms with Crippen LogP contribution in [0.25, 0.3) is 0 Å². The van der Waals surface area contributed by atoms with Gasteiger partial charge in [-0.1, -0.05) is 37.6 Å². The lowest BCUT2D eigenvalue weighted by atomic mass is 9.67. The smallest absolute Gasteiger partial charge is 0.0416 e. The predicted octanol–water partition coefficient (Wildman–Crippen LogP) is 3.84. The van der Waals surface area contributed by atoms with Crippen molar-refractivity contribution < 1.29 is 0 Å². The Hall–Kier alpha value is -0.240. The van der Waals surface area contributed by atoms with Crippen molar-refractivity contribution in [3.8, 4) is 0 Å². The van der Waals surface area contributed by atoms with Gasteiger partial charge >= 0.3 is 0 Å². The number of alkyl halides is 1. The highest BCUT2D eigenvalue weighted by atomic mass is 35.5. The second-order valence-corrected chi connectivity index (χ2v) is 6.05. The average molecular weight is 258 g/mol. The van der Waals surface area contributed by atoms with Crippen LogP contribution < -0.4 is 5.32 Å². The molecule has 1 aliphatic carbocycles. The van der Waals surface area contributed by atoms with E-state index in [9.17, 15) is 0 Å². The van der Waals surface area contributed by atoms with Crippen LogP contribution in [0.1, 0.15) is 25.8 Å². The summed E-state index contributed by atoms with van der Waals surface area (Å²) in [5.74, 6) is 0. The SMILES string of the molecule is CC1(C)C(Cl)CC1NCc1cccc(Cl)c1. The molecular formula is C13H17Cl2N. The first-order chi connectivity index (χ1) is 7.50. The van der Waals surface area contributed by atoms with E-state index in [0.29, 0.717) is 11.4 Å².